The average Bonchev–Trinajstić information content (AvgIpc) is 2.53. The van der Waals surface area contributed by atoms with Crippen LogP contribution in [0.1, 0.15) is 0 Å². The van der Waals surface area contributed by atoms with Gasteiger partial charge < -0.3 is 16.0 Å². The summed E-state index contributed by atoms with van der Waals surface area (Å²) in [5.74, 6) is 0.136. The Morgan fingerprint density at radius 2 is 2.31 bits per heavy atom. The van der Waals surface area contributed by atoms with Crippen molar-refractivity contribution in [2.45, 2.75) is 6.04 Å². The van der Waals surface area contributed by atoms with E-state index >= 15 is 0 Å². The number of aromatic amines is 1. The zero-order valence-electron chi connectivity index (χ0n) is 8.17. The first-order chi connectivity index (χ1) is 7.48. The van der Waals surface area contributed by atoms with E-state index in [0.29, 0.717) is 0 Å². The van der Waals surface area contributed by atoms with E-state index in [1.807, 2.05) is 0 Å². The molecule has 0 spiro atoms. The van der Waals surface area contributed by atoms with E-state index in [4.69, 9.17) is 5.73 Å². The van der Waals surface area contributed by atoms with Crippen molar-refractivity contribution in [3.63, 3.8) is 0 Å². The molecule has 1 aromatic rings. The van der Waals surface area contributed by atoms with E-state index in [0.717, 1.165) is 5.41 Å². The van der Waals surface area contributed by atoms with Crippen molar-refractivity contribution < 1.29 is 8.42 Å². The molecule has 2 heterocycles. The molecule has 4 N–H and O–H groups in total. The molecule has 7 nitrogen and oxygen atoms in total. The summed E-state index contributed by atoms with van der Waals surface area (Å²) in [5, 5.41) is 3.92. The molecule has 0 aromatic carbocycles. The minimum absolute atomic E-state index is 0.0546. The molecule has 16 heavy (non-hydrogen) atoms. The first-order valence-corrected chi connectivity index (χ1v) is 6.20. The van der Waals surface area contributed by atoms with E-state index in [-0.39, 0.29) is 17.3 Å². The van der Waals surface area contributed by atoms with Crippen LogP contribution in [0.3, 0.4) is 0 Å². The predicted molar refractivity (Wildman–Crippen MR) is 59.6 cm³/mol. The van der Waals surface area contributed by atoms with E-state index in [1.54, 1.807) is 0 Å². The molecule has 2 rings (SSSR count). The first kappa shape index (κ1) is 10.7. The number of nitrogens with zero attached hydrogens (tertiary/aromatic N) is 1. The van der Waals surface area contributed by atoms with Gasteiger partial charge in [-0.2, -0.15) is 0 Å². The number of aromatic nitrogens is 2. The molecule has 0 aliphatic carbocycles. The third-order valence-corrected chi connectivity index (χ3v) is 3.54. The van der Waals surface area contributed by atoms with Crippen LogP contribution in [0, 0.1) is 0 Å². The van der Waals surface area contributed by atoms with Crippen LogP contribution in [0.5, 0.6) is 0 Å². The van der Waals surface area contributed by atoms with Gasteiger partial charge in [0.15, 0.2) is 15.7 Å². The Hall–Kier alpha value is -1.83. The van der Waals surface area contributed by atoms with Crippen molar-refractivity contribution in [1.29, 1.82) is 0 Å². The lowest BCUT2D eigenvalue weighted by molar-refractivity contribution is 0.605. The number of nitrogens with one attached hydrogen (secondary N) is 2. The number of hydrogen-bond donors (Lipinski definition) is 3. The van der Waals surface area contributed by atoms with Crippen LogP contribution in [0.2, 0.25) is 0 Å². The van der Waals surface area contributed by atoms with E-state index in [1.165, 1.54) is 12.4 Å². The summed E-state index contributed by atoms with van der Waals surface area (Å²) >= 11 is 0. The second-order valence-corrected chi connectivity index (χ2v) is 5.33. The number of hydrogen-bond acceptors (Lipinski definition) is 6. The average molecular weight is 242 g/mol. The Balaban J connectivity index is 2.21. The zero-order valence-corrected chi connectivity index (χ0v) is 8.99. The predicted octanol–water partition coefficient (Wildman–Crippen LogP) is -0.925. The van der Waals surface area contributed by atoms with E-state index in [2.05, 4.69) is 15.3 Å². The van der Waals surface area contributed by atoms with Gasteiger partial charge in [-0.15, -0.1) is 0 Å². The molecule has 86 valence electrons. The monoisotopic (exact) mass is 242 g/mol. The summed E-state index contributed by atoms with van der Waals surface area (Å²) in [6.07, 6.45) is 2.70. The van der Waals surface area contributed by atoms with Crippen LogP contribution < -0.4 is 16.6 Å². The van der Waals surface area contributed by atoms with Crippen molar-refractivity contribution in [3.8, 4) is 0 Å². The largest absolute Gasteiger partial charge is 0.391 e. The third-order valence-electron chi connectivity index (χ3n) is 2.14. The quantitative estimate of drug-likeness (QED) is 0.617. The summed E-state index contributed by atoms with van der Waals surface area (Å²) in [6, 6.07) is -0.401. The molecule has 0 bridgehead atoms. The molecular formula is C8H10N4O3S. The number of H-pyrrole nitrogens is 1. The molecule has 0 fully saturated rings. The number of sulfone groups is 1. The smallest absolute Gasteiger partial charge is 0.276 e. The zero-order chi connectivity index (χ0) is 11.8. The first-order valence-electron chi connectivity index (χ1n) is 4.48. The van der Waals surface area contributed by atoms with Gasteiger partial charge in [-0.3, -0.25) is 4.79 Å². The molecule has 1 aliphatic heterocycles. The second kappa shape index (κ2) is 3.63. The highest BCUT2D eigenvalue weighted by Gasteiger charge is 2.22. The summed E-state index contributed by atoms with van der Waals surface area (Å²) in [6.45, 7) is 0. The number of anilines is 2. The SMILES string of the molecule is Nc1c(NC2C=CS(=O)(=O)C2)nc[nH]c1=O. The highest BCUT2D eigenvalue weighted by atomic mass is 32.2. The molecule has 1 atom stereocenters. The number of nitrogens with two attached hydrogens (primary N) is 1. The van der Waals surface area contributed by atoms with E-state index in [9.17, 15) is 13.2 Å². The number of rotatable bonds is 2. The standard InChI is InChI=1S/C8H10N4O3S/c9-6-7(10-4-11-8(6)13)12-5-1-2-16(14,15)3-5/h1-2,4-5H,3,9H2,(H2,10,11,12,13). The fourth-order valence-electron chi connectivity index (χ4n) is 1.37. The third kappa shape index (κ3) is 2.06. The van der Waals surface area contributed by atoms with Gasteiger partial charge in [0.05, 0.1) is 18.1 Å². The van der Waals surface area contributed by atoms with Crippen LogP contribution in [-0.4, -0.2) is 30.2 Å². The Bertz CT molecular complexity index is 590. The molecule has 8 heteroatoms. The van der Waals surface area contributed by atoms with Gasteiger partial charge >= 0.3 is 0 Å². The second-order valence-electron chi connectivity index (χ2n) is 3.40. The summed E-state index contributed by atoms with van der Waals surface area (Å²) in [7, 11) is -3.14. The summed E-state index contributed by atoms with van der Waals surface area (Å²) < 4.78 is 22.3. The van der Waals surface area contributed by atoms with Gasteiger partial charge in [0, 0.05) is 5.41 Å². The van der Waals surface area contributed by atoms with Crippen molar-refractivity contribution >= 4 is 21.3 Å². The highest BCUT2D eigenvalue weighted by molar-refractivity contribution is 7.94. The fourth-order valence-corrected chi connectivity index (χ4v) is 2.60. The molecular weight excluding hydrogens is 232 g/mol. The lowest BCUT2D eigenvalue weighted by Gasteiger charge is -2.11. The molecule has 0 radical (unpaired) electrons. The molecule has 1 aliphatic rings. The molecule has 1 aromatic heterocycles. The van der Waals surface area contributed by atoms with Crippen LogP contribution in [0.4, 0.5) is 11.5 Å². The fraction of sp³-hybridized carbons (Fsp3) is 0.250. The molecule has 1 unspecified atom stereocenters. The van der Waals surface area contributed by atoms with Gasteiger partial charge in [-0.25, -0.2) is 13.4 Å². The molecule has 0 saturated heterocycles. The Morgan fingerprint density at radius 1 is 1.56 bits per heavy atom. The van der Waals surface area contributed by atoms with Crippen molar-refractivity contribution in [2.24, 2.45) is 0 Å². The van der Waals surface area contributed by atoms with Gasteiger partial charge in [-0.05, 0) is 6.08 Å². The Labute approximate surface area is 91.3 Å². The van der Waals surface area contributed by atoms with Crippen LogP contribution in [0.15, 0.2) is 22.6 Å². The lowest BCUT2D eigenvalue weighted by Crippen LogP contribution is -2.24. The van der Waals surface area contributed by atoms with Crippen molar-refractivity contribution in [1.82, 2.24) is 9.97 Å². The van der Waals surface area contributed by atoms with Gasteiger partial charge in [-0.1, -0.05) is 0 Å². The minimum atomic E-state index is -3.14. The van der Waals surface area contributed by atoms with Crippen molar-refractivity contribution in [2.75, 3.05) is 16.8 Å². The number of nitrogen functional groups attached to an aromatic ring is 1. The van der Waals surface area contributed by atoms with Gasteiger partial charge in [0.1, 0.15) is 5.69 Å². The molecule has 0 amide bonds. The topological polar surface area (TPSA) is 118 Å². The van der Waals surface area contributed by atoms with Crippen LogP contribution >= 0.6 is 0 Å². The van der Waals surface area contributed by atoms with Gasteiger partial charge in [0.25, 0.3) is 5.56 Å². The lowest BCUT2D eigenvalue weighted by atomic mass is 10.3. The summed E-state index contributed by atoms with van der Waals surface area (Å²) in [5.41, 5.74) is 4.97. The van der Waals surface area contributed by atoms with E-state index < -0.39 is 21.4 Å². The normalized spacial score (nSPS) is 22.1. The maximum atomic E-state index is 11.1. The molecule has 0 saturated carbocycles. The van der Waals surface area contributed by atoms with Crippen LogP contribution in [-0.2, 0) is 9.84 Å². The Morgan fingerprint density at radius 3 is 2.94 bits per heavy atom. The van der Waals surface area contributed by atoms with Crippen LogP contribution in [0.25, 0.3) is 0 Å². The summed E-state index contributed by atoms with van der Waals surface area (Å²) in [4.78, 5) is 17.3. The minimum Gasteiger partial charge on any atom is -0.391 e. The maximum absolute atomic E-state index is 11.1. The maximum Gasteiger partial charge on any atom is 0.276 e. The van der Waals surface area contributed by atoms with Gasteiger partial charge in [0.2, 0.25) is 0 Å². The van der Waals surface area contributed by atoms with Crippen molar-refractivity contribution in [3.05, 3.63) is 28.2 Å². The highest BCUT2D eigenvalue weighted by Crippen LogP contribution is 2.15. The Kier molecular flexibility index (Phi) is 2.43.